The minimum Gasteiger partial charge on any atom is -0.379 e. The summed E-state index contributed by atoms with van der Waals surface area (Å²) in [7, 11) is 0. The first-order valence-corrected chi connectivity index (χ1v) is 6.28. The maximum Gasteiger partial charge on any atom is 0.0594 e. The molecule has 3 nitrogen and oxygen atoms in total. The number of halogens is 1. The first-order chi connectivity index (χ1) is 7.14. The maximum absolute atomic E-state index is 5.75. The van der Waals surface area contributed by atoms with Crippen LogP contribution in [0.5, 0.6) is 0 Å². The Morgan fingerprint density at radius 3 is 2.60 bits per heavy atom. The van der Waals surface area contributed by atoms with Crippen LogP contribution in [0.1, 0.15) is 20.3 Å². The minimum atomic E-state index is 0.161. The van der Waals surface area contributed by atoms with Gasteiger partial charge >= 0.3 is 0 Å². The predicted octanol–water partition coefficient (Wildman–Crippen LogP) is 1.32. The monoisotopic (exact) mass is 234 g/mol. The van der Waals surface area contributed by atoms with E-state index in [9.17, 15) is 0 Å². The van der Waals surface area contributed by atoms with Gasteiger partial charge in [-0.1, -0.05) is 0 Å². The van der Waals surface area contributed by atoms with Crippen LogP contribution < -0.4 is 5.32 Å². The molecule has 0 atom stereocenters. The average molecular weight is 235 g/mol. The van der Waals surface area contributed by atoms with Crippen LogP contribution in [0.4, 0.5) is 0 Å². The Kier molecular flexibility index (Phi) is 5.90. The van der Waals surface area contributed by atoms with E-state index in [0.717, 1.165) is 51.7 Å². The SMILES string of the molecule is CC(C)(CCCl)NCCN1CCOCC1. The van der Waals surface area contributed by atoms with E-state index in [1.165, 1.54) is 0 Å². The lowest BCUT2D eigenvalue weighted by Crippen LogP contribution is -2.46. The van der Waals surface area contributed by atoms with Crippen molar-refractivity contribution in [1.29, 1.82) is 0 Å². The molecule has 0 amide bonds. The number of ether oxygens (including phenoxy) is 1. The van der Waals surface area contributed by atoms with E-state index in [1.54, 1.807) is 0 Å². The van der Waals surface area contributed by atoms with Gasteiger partial charge in [0.2, 0.25) is 0 Å². The van der Waals surface area contributed by atoms with Gasteiger partial charge in [0.25, 0.3) is 0 Å². The summed E-state index contributed by atoms with van der Waals surface area (Å²) >= 11 is 5.75. The number of hydrogen-bond acceptors (Lipinski definition) is 3. The zero-order valence-corrected chi connectivity index (χ0v) is 10.6. The second-order valence-electron chi connectivity index (χ2n) is 4.70. The fourth-order valence-electron chi connectivity index (χ4n) is 1.70. The van der Waals surface area contributed by atoms with Gasteiger partial charge in [0.05, 0.1) is 13.2 Å². The number of hydrogen-bond donors (Lipinski definition) is 1. The van der Waals surface area contributed by atoms with Gasteiger partial charge in [0, 0.05) is 37.6 Å². The molecule has 4 heteroatoms. The Morgan fingerprint density at radius 2 is 2.00 bits per heavy atom. The highest BCUT2D eigenvalue weighted by molar-refractivity contribution is 6.17. The van der Waals surface area contributed by atoms with Crippen LogP contribution in [-0.4, -0.2) is 55.7 Å². The van der Waals surface area contributed by atoms with Crippen molar-refractivity contribution < 1.29 is 4.74 Å². The molecule has 0 aromatic rings. The summed E-state index contributed by atoms with van der Waals surface area (Å²) in [6.45, 7) is 10.4. The van der Waals surface area contributed by atoms with Crippen molar-refractivity contribution in [2.24, 2.45) is 0 Å². The van der Waals surface area contributed by atoms with Crippen molar-refractivity contribution in [2.45, 2.75) is 25.8 Å². The molecule has 0 bridgehead atoms. The first-order valence-electron chi connectivity index (χ1n) is 5.75. The predicted molar refractivity (Wildman–Crippen MR) is 64.7 cm³/mol. The molecule has 0 aromatic heterocycles. The molecule has 0 aromatic carbocycles. The van der Waals surface area contributed by atoms with Gasteiger partial charge < -0.3 is 10.1 Å². The largest absolute Gasteiger partial charge is 0.379 e. The second-order valence-corrected chi connectivity index (χ2v) is 5.08. The van der Waals surface area contributed by atoms with E-state index < -0.39 is 0 Å². The van der Waals surface area contributed by atoms with Crippen LogP contribution >= 0.6 is 11.6 Å². The van der Waals surface area contributed by atoms with E-state index in [-0.39, 0.29) is 5.54 Å². The Balaban J connectivity index is 2.09. The summed E-state index contributed by atoms with van der Waals surface area (Å²) in [5.74, 6) is 0.720. The molecule has 0 spiro atoms. The van der Waals surface area contributed by atoms with E-state index >= 15 is 0 Å². The van der Waals surface area contributed by atoms with Crippen molar-refractivity contribution in [2.75, 3.05) is 45.3 Å². The van der Waals surface area contributed by atoms with Gasteiger partial charge in [-0.05, 0) is 20.3 Å². The Labute approximate surface area is 98.1 Å². The summed E-state index contributed by atoms with van der Waals surface area (Å²) in [4.78, 5) is 2.44. The highest BCUT2D eigenvalue weighted by atomic mass is 35.5. The van der Waals surface area contributed by atoms with Crippen LogP contribution in [0, 0.1) is 0 Å². The highest BCUT2D eigenvalue weighted by Crippen LogP contribution is 2.08. The number of rotatable bonds is 6. The molecule has 0 saturated carbocycles. The van der Waals surface area contributed by atoms with E-state index in [2.05, 4.69) is 24.1 Å². The van der Waals surface area contributed by atoms with E-state index in [4.69, 9.17) is 16.3 Å². The van der Waals surface area contributed by atoms with Crippen molar-refractivity contribution in [1.82, 2.24) is 10.2 Å². The topological polar surface area (TPSA) is 24.5 Å². The average Bonchev–Trinajstić information content (AvgIpc) is 2.19. The molecule has 0 aliphatic carbocycles. The van der Waals surface area contributed by atoms with Crippen LogP contribution in [0.15, 0.2) is 0 Å². The zero-order chi connectivity index (χ0) is 11.1. The van der Waals surface area contributed by atoms with Gasteiger partial charge in [-0.3, -0.25) is 4.90 Å². The quantitative estimate of drug-likeness (QED) is 0.702. The van der Waals surface area contributed by atoms with Gasteiger partial charge in [0.1, 0.15) is 0 Å². The molecule has 15 heavy (non-hydrogen) atoms. The Hall–Kier alpha value is 0.170. The standard InChI is InChI=1S/C11H23ClN2O/c1-11(2,3-4-12)13-5-6-14-7-9-15-10-8-14/h13H,3-10H2,1-2H3. The van der Waals surface area contributed by atoms with Crippen LogP contribution in [0.3, 0.4) is 0 Å². The lowest BCUT2D eigenvalue weighted by molar-refractivity contribution is 0.0376. The molecule has 1 fully saturated rings. The van der Waals surface area contributed by atoms with Crippen molar-refractivity contribution in [3.63, 3.8) is 0 Å². The van der Waals surface area contributed by atoms with Crippen LogP contribution in [0.2, 0.25) is 0 Å². The maximum atomic E-state index is 5.75. The molecular weight excluding hydrogens is 212 g/mol. The van der Waals surface area contributed by atoms with Crippen molar-refractivity contribution >= 4 is 11.6 Å². The summed E-state index contributed by atoms with van der Waals surface area (Å²) < 4.78 is 5.31. The van der Waals surface area contributed by atoms with Crippen LogP contribution in [-0.2, 0) is 4.74 Å². The second kappa shape index (κ2) is 6.69. The van der Waals surface area contributed by atoms with Gasteiger partial charge in [-0.2, -0.15) is 0 Å². The van der Waals surface area contributed by atoms with Crippen molar-refractivity contribution in [3.8, 4) is 0 Å². The lowest BCUT2D eigenvalue weighted by atomic mass is 10.0. The van der Waals surface area contributed by atoms with E-state index in [0.29, 0.717) is 0 Å². The smallest absolute Gasteiger partial charge is 0.0594 e. The zero-order valence-electron chi connectivity index (χ0n) is 9.89. The summed E-state index contributed by atoms with van der Waals surface area (Å²) in [5, 5.41) is 3.54. The molecule has 1 aliphatic heterocycles. The van der Waals surface area contributed by atoms with Crippen LogP contribution in [0.25, 0.3) is 0 Å². The molecule has 1 saturated heterocycles. The Bertz CT molecular complexity index is 170. The molecule has 1 N–H and O–H groups in total. The summed E-state index contributed by atoms with van der Waals surface area (Å²) in [6, 6.07) is 0. The normalized spacial score (nSPS) is 19.4. The number of alkyl halides is 1. The summed E-state index contributed by atoms with van der Waals surface area (Å²) in [6.07, 6.45) is 1.01. The molecule has 1 heterocycles. The minimum absolute atomic E-state index is 0.161. The van der Waals surface area contributed by atoms with Gasteiger partial charge in [-0.25, -0.2) is 0 Å². The fraction of sp³-hybridized carbons (Fsp3) is 1.00. The third kappa shape index (κ3) is 5.71. The lowest BCUT2D eigenvalue weighted by Gasteiger charge is -2.30. The molecule has 0 unspecified atom stereocenters. The van der Waals surface area contributed by atoms with Crippen molar-refractivity contribution in [3.05, 3.63) is 0 Å². The third-order valence-electron chi connectivity index (χ3n) is 2.85. The van der Waals surface area contributed by atoms with Gasteiger partial charge in [0.15, 0.2) is 0 Å². The highest BCUT2D eigenvalue weighted by Gasteiger charge is 2.16. The fourth-order valence-corrected chi connectivity index (χ4v) is 2.17. The molecule has 1 aliphatic rings. The van der Waals surface area contributed by atoms with E-state index in [1.807, 2.05) is 0 Å². The third-order valence-corrected chi connectivity index (χ3v) is 3.04. The number of morpholine rings is 1. The molecular formula is C11H23ClN2O. The molecule has 90 valence electrons. The van der Waals surface area contributed by atoms with Gasteiger partial charge in [-0.15, -0.1) is 11.6 Å². The first kappa shape index (κ1) is 13.2. The summed E-state index contributed by atoms with van der Waals surface area (Å²) in [5.41, 5.74) is 0.161. The molecule has 0 radical (unpaired) electrons. The Morgan fingerprint density at radius 1 is 1.33 bits per heavy atom. The molecule has 1 rings (SSSR count). The number of nitrogens with zero attached hydrogens (tertiary/aromatic N) is 1. The number of nitrogens with one attached hydrogen (secondary N) is 1.